The fraction of sp³-hybridized carbons (Fsp3) is 0.462. The molecular formula is C13H17FN2O3. The largest absolute Gasteiger partial charge is 0.446 e. The molecule has 2 N–H and O–H groups in total. The first-order valence-electron chi connectivity index (χ1n) is 6.19. The highest BCUT2D eigenvalue weighted by molar-refractivity contribution is 5.84. The van der Waals surface area contributed by atoms with E-state index in [0.717, 1.165) is 6.54 Å². The summed E-state index contributed by atoms with van der Waals surface area (Å²) in [5, 5.41) is 5.64. The average Bonchev–Trinajstić information content (AvgIpc) is 2.36. The Bertz CT molecular complexity index is 442. The maximum atomic E-state index is 12.9. The maximum Gasteiger partial charge on any atom is 0.411 e. The summed E-state index contributed by atoms with van der Waals surface area (Å²) < 4.78 is 23.5. The van der Waals surface area contributed by atoms with Crippen molar-refractivity contribution >= 4 is 11.8 Å². The molecule has 0 radical (unpaired) electrons. The Balaban J connectivity index is 1.75. The lowest BCUT2D eigenvalue weighted by molar-refractivity contribution is -0.0533. The second-order valence-corrected chi connectivity index (χ2v) is 4.46. The van der Waals surface area contributed by atoms with Crippen molar-refractivity contribution < 1.29 is 18.7 Å². The SMILES string of the molecule is CC1CNCC(COC(=O)Nc2cccc(F)c2)O1. The summed E-state index contributed by atoms with van der Waals surface area (Å²) in [6, 6.07) is 5.63. The number of morpholine rings is 1. The van der Waals surface area contributed by atoms with Crippen molar-refractivity contribution in [3.05, 3.63) is 30.1 Å². The van der Waals surface area contributed by atoms with Gasteiger partial charge in [0.2, 0.25) is 0 Å². The van der Waals surface area contributed by atoms with Crippen LogP contribution < -0.4 is 10.6 Å². The zero-order chi connectivity index (χ0) is 13.7. The molecule has 2 unspecified atom stereocenters. The van der Waals surface area contributed by atoms with Crippen LogP contribution in [-0.4, -0.2) is 38.0 Å². The van der Waals surface area contributed by atoms with Crippen LogP contribution in [0.1, 0.15) is 6.92 Å². The quantitative estimate of drug-likeness (QED) is 0.877. The Morgan fingerprint density at radius 1 is 1.58 bits per heavy atom. The predicted molar refractivity (Wildman–Crippen MR) is 68.6 cm³/mol. The Kier molecular flexibility index (Phi) is 4.70. The first-order chi connectivity index (χ1) is 9.13. The normalized spacial score (nSPS) is 22.8. The standard InChI is InChI=1S/C13H17FN2O3/c1-9-6-15-7-12(19-9)8-18-13(17)16-11-4-2-3-10(14)5-11/h2-5,9,12,15H,6-8H2,1H3,(H,16,17). The van der Waals surface area contributed by atoms with Gasteiger partial charge >= 0.3 is 6.09 Å². The molecule has 5 nitrogen and oxygen atoms in total. The summed E-state index contributed by atoms with van der Waals surface area (Å²) in [6.45, 7) is 3.56. The van der Waals surface area contributed by atoms with Gasteiger partial charge in [0.05, 0.1) is 6.10 Å². The van der Waals surface area contributed by atoms with Crippen LogP contribution >= 0.6 is 0 Å². The van der Waals surface area contributed by atoms with E-state index in [9.17, 15) is 9.18 Å². The molecule has 1 amide bonds. The molecular weight excluding hydrogens is 251 g/mol. The minimum absolute atomic E-state index is 0.105. The minimum Gasteiger partial charge on any atom is -0.446 e. The van der Waals surface area contributed by atoms with Crippen LogP contribution in [0.3, 0.4) is 0 Å². The van der Waals surface area contributed by atoms with E-state index in [0.29, 0.717) is 12.2 Å². The van der Waals surface area contributed by atoms with Crippen LogP contribution in [0.5, 0.6) is 0 Å². The van der Waals surface area contributed by atoms with Gasteiger partial charge in [0.1, 0.15) is 18.5 Å². The van der Waals surface area contributed by atoms with Crippen molar-refractivity contribution in [1.82, 2.24) is 5.32 Å². The van der Waals surface area contributed by atoms with Gasteiger partial charge in [-0.1, -0.05) is 6.07 Å². The minimum atomic E-state index is -0.618. The topological polar surface area (TPSA) is 59.6 Å². The Labute approximate surface area is 111 Å². The van der Waals surface area contributed by atoms with Crippen molar-refractivity contribution in [2.24, 2.45) is 0 Å². The number of rotatable bonds is 3. The van der Waals surface area contributed by atoms with E-state index in [2.05, 4.69) is 10.6 Å². The predicted octanol–water partition coefficient (Wildman–Crippen LogP) is 1.75. The van der Waals surface area contributed by atoms with E-state index in [1.165, 1.54) is 18.2 Å². The number of nitrogens with one attached hydrogen (secondary N) is 2. The highest BCUT2D eigenvalue weighted by Crippen LogP contribution is 2.10. The molecule has 0 aliphatic carbocycles. The van der Waals surface area contributed by atoms with Gasteiger partial charge in [-0.15, -0.1) is 0 Å². The molecule has 2 rings (SSSR count). The zero-order valence-corrected chi connectivity index (χ0v) is 10.7. The molecule has 1 saturated heterocycles. The molecule has 1 aromatic carbocycles. The summed E-state index contributed by atoms with van der Waals surface area (Å²) >= 11 is 0. The molecule has 2 atom stereocenters. The molecule has 6 heteroatoms. The molecule has 1 aliphatic heterocycles. The second kappa shape index (κ2) is 6.49. The highest BCUT2D eigenvalue weighted by Gasteiger charge is 2.20. The third-order valence-electron chi connectivity index (χ3n) is 2.70. The Morgan fingerprint density at radius 2 is 2.42 bits per heavy atom. The van der Waals surface area contributed by atoms with Crippen molar-refractivity contribution in [3.8, 4) is 0 Å². The summed E-state index contributed by atoms with van der Waals surface area (Å²) in [5.41, 5.74) is 0.362. The van der Waals surface area contributed by atoms with Gasteiger partial charge < -0.3 is 14.8 Å². The van der Waals surface area contributed by atoms with Gasteiger partial charge in [-0.05, 0) is 25.1 Å². The number of anilines is 1. The molecule has 1 heterocycles. The number of hydrogen-bond acceptors (Lipinski definition) is 4. The Hall–Kier alpha value is -1.66. The number of benzene rings is 1. The van der Waals surface area contributed by atoms with Gasteiger partial charge in [-0.3, -0.25) is 5.32 Å². The lowest BCUT2D eigenvalue weighted by atomic mass is 10.2. The number of halogens is 1. The third kappa shape index (κ3) is 4.50. The van der Waals surface area contributed by atoms with Crippen LogP contribution in [-0.2, 0) is 9.47 Å². The van der Waals surface area contributed by atoms with Gasteiger partial charge in [0.15, 0.2) is 0 Å². The monoisotopic (exact) mass is 268 g/mol. The number of carbonyl (C=O) groups excluding carboxylic acids is 1. The molecule has 1 aromatic rings. The van der Waals surface area contributed by atoms with E-state index in [4.69, 9.17) is 9.47 Å². The van der Waals surface area contributed by atoms with Crippen molar-refractivity contribution in [1.29, 1.82) is 0 Å². The van der Waals surface area contributed by atoms with Crippen LogP contribution in [0.4, 0.5) is 14.9 Å². The fourth-order valence-electron chi connectivity index (χ4n) is 1.86. The molecule has 0 aromatic heterocycles. The number of amides is 1. The molecule has 1 fully saturated rings. The maximum absolute atomic E-state index is 12.9. The van der Waals surface area contributed by atoms with Gasteiger partial charge in [0, 0.05) is 18.8 Å². The van der Waals surface area contributed by atoms with E-state index < -0.39 is 11.9 Å². The van der Waals surface area contributed by atoms with E-state index in [1.54, 1.807) is 6.07 Å². The van der Waals surface area contributed by atoms with Crippen LogP contribution in [0.25, 0.3) is 0 Å². The van der Waals surface area contributed by atoms with E-state index in [-0.39, 0.29) is 18.8 Å². The summed E-state index contributed by atoms with van der Waals surface area (Å²) in [5.74, 6) is -0.411. The lowest BCUT2D eigenvalue weighted by Gasteiger charge is -2.28. The summed E-state index contributed by atoms with van der Waals surface area (Å²) in [7, 11) is 0. The average molecular weight is 268 g/mol. The van der Waals surface area contributed by atoms with E-state index in [1.807, 2.05) is 6.92 Å². The third-order valence-corrected chi connectivity index (χ3v) is 2.70. The van der Waals surface area contributed by atoms with Crippen LogP contribution in [0, 0.1) is 5.82 Å². The first-order valence-corrected chi connectivity index (χ1v) is 6.19. The molecule has 0 bridgehead atoms. The summed E-state index contributed by atoms with van der Waals surface area (Å²) in [4.78, 5) is 11.5. The highest BCUT2D eigenvalue weighted by atomic mass is 19.1. The molecule has 0 spiro atoms. The zero-order valence-electron chi connectivity index (χ0n) is 10.7. The molecule has 19 heavy (non-hydrogen) atoms. The van der Waals surface area contributed by atoms with Crippen molar-refractivity contribution in [2.45, 2.75) is 19.1 Å². The van der Waals surface area contributed by atoms with Crippen molar-refractivity contribution in [2.75, 3.05) is 25.0 Å². The second-order valence-electron chi connectivity index (χ2n) is 4.46. The number of carbonyl (C=O) groups is 1. The lowest BCUT2D eigenvalue weighted by Crippen LogP contribution is -2.45. The molecule has 0 saturated carbocycles. The van der Waals surface area contributed by atoms with Gasteiger partial charge in [0.25, 0.3) is 0 Å². The van der Waals surface area contributed by atoms with Crippen LogP contribution in [0.15, 0.2) is 24.3 Å². The molecule has 1 aliphatic rings. The van der Waals surface area contributed by atoms with Gasteiger partial charge in [-0.2, -0.15) is 0 Å². The van der Waals surface area contributed by atoms with Gasteiger partial charge in [-0.25, -0.2) is 9.18 Å². The van der Waals surface area contributed by atoms with E-state index >= 15 is 0 Å². The van der Waals surface area contributed by atoms with Crippen LogP contribution in [0.2, 0.25) is 0 Å². The van der Waals surface area contributed by atoms with Crippen molar-refractivity contribution in [3.63, 3.8) is 0 Å². The number of ether oxygens (including phenoxy) is 2. The fourth-order valence-corrected chi connectivity index (χ4v) is 1.86. The molecule has 104 valence electrons. The smallest absolute Gasteiger partial charge is 0.411 e. The first kappa shape index (κ1) is 13.8. The number of hydrogen-bond donors (Lipinski definition) is 2. The summed E-state index contributed by atoms with van der Waals surface area (Å²) in [6.07, 6.45) is -0.664. The Morgan fingerprint density at radius 3 is 3.16 bits per heavy atom.